The van der Waals surface area contributed by atoms with Crippen LogP contribution in [-0.4, -0.2) is 19.9 Å². The molecule has 42 heavy (non-hydrogen) atoms. The van der Waals surface area contributed by atoms with E-state index in [-0.39, 0.29) is 10.8 Å². The van der Waals surface area contributed by atoms with E-state index in [0.29, 0.717) is 11.4 Å². The van der Waals surface area contributed by atoms with E-state index in [0.717, 1.165) is 44.0 Å². The molecule has 6 rings (SSSR count). The molecule has 0 saturated carbocycles. The molecule has 0 unspecified atom stereocenters. The van der Waals surface area contributed by atoms with Crippen molar-refractivity contribution in [3.8, 4) is 23.7 Å². The minimum absolute atomic E-state index is 0.0797. The second-order valence-electron chi connectivity index (χ2n) is 12.6. The number of pyridine rings is 2. The highest BCUT2D eigenvalue weighted by atomic mass is 14.8. The number of aromatic nitrogens is 4. The van der Waals surface area contributed by atoms with E-state index >= 15 is 0 Å². The van der Waals surface area contributed by atoms with Crippen molar-refractivity contribution >= 4 is 32.8 Å². The lowest BCUT2D eigenvalue weighted by Crippen LogP contribution is -2.10. The fourth-order valence-corrected chi connectivity index (χ4v) is 4.93. The van der Waals surface area contributed by atoms with E-state index < -0.39 is 0 Å². The van der Waals surface area contributed by atoms with Gasteiger partial charge in [0.05, 0.1) is 11.0 Å². The van der Waals surface area contributed by atoms with Crippen molar-refractivity contribution in [1.82, 2.24) is 19.9 Å². The van der Waals surface area contributed by atoms with Crippen LogP contribution < -0.4 is 0 Å². The molecule has 0 saturated heterocycles. The second-order valence-corrected chi connectivity index (χ2v) is 12.6. The van der Waals surface area contributed by atoms with Gasteiger partial charge in [0.1, 0.15) is 22.4 Å². The molecule has 3 aromatic heterocycles. The summed E-state index contributed by atoms with van der Waals surface area (Å²) in [6, 6.07) is 24.6. The first-order valence-electron chi connectivity index (χ1n) is 14.2. The third-order valence-corrected chi connectivity index (χ3v) is 7.40. The largest absolute Gasteiger partial charge is 0.254 e. The second kappa shape index (κ2) is 10.4. The summed E-state index contributed by atoms with van der Waals surface area (Å²) < 4.78 is 0. The van der Waals surface area contributed by atoms with Crippen molar-refractivity contribution in [3.63, 3.8) is 0 Å². The van der Waals surface area contributed by atoms with Crippen LogP contribution in [0.25, 0.3) is 32.8 Å². The minimum atomic E-state index is 0.0797. The van der Waals surface area contributed by atoms with Gasteiger partial charge in [-0.1, -0.05) is 77.6 Å². The van der Waals surface area contributed by atoms with E-state index in [4.69, 9.17) is 9.97 Å². The van der Waals surface area contributed by atoms with E-state index in [1.54, 1.807) is 12.4 Å². The molecule has 4 heteroatoms. The van der Waals surface area contributed by atoms with Crippen LogP contribution in [0.5, 0.6) is 0 Å². The molecule has 0 N–H and O–H groups in total. The summed E-state index contributed by atoms with van der Waals surface area (Å²) in [7, 11) is 0. The van der Waals surface area contributed by atoms with Crippen LogP contribution in [0.15, 0.2) is 85.2 Å². The molecule has 0 spiro atoms. The molecule has 0 amide bonds. The van der Waals surface area contributed by atoms with E-state index in [1.165, 1.54) is 11.1 Å². The zero-order chi connectivity index (χ0) is 29.5. The molecule has 0 bridgehead atoms. The Balaban J connectivity index is 1.54. The molecule has 0 aliphatic rings. The average Bonchev–Trinajstić information content (AvgIpc) is 2.98. The normalized spacial score (nSPS) is 11.7. The summed E-state index contributed by atoms with van der Waals surface area (Å²) in [5, 5.41) is 1.78. The SMILES string of the molecule is CC(C)(C)c1ccc(C#Cc2nc3c4cccnc4c4ncccc4c3nc2C#Cc2ccc(C(C)(C)C)cc2)cc1. The van der Waals surface area contributed by atoms with Gasteiger partial charge in [0.2, 0.25) is 0 Å². The zero-order valence-corrected chi connectivity index (χ0v) is 24.9. The van der Waals surface area contributed by atoms with Gasteiger partial charge < -0.3 is 0 Å². The van der Waals surface area contributed by atoms with Crippen LogP contribution >= 0.6 is 0 Å². The van der Waals surface area contributed by atoms with Crippen molar-refractivity contribution in [2.75, 3.05) is 0 Å². The van der Waals surface area contributed by atoms with Crippen LogP contribution in [0, 0.1) is 23.7 Å². The minimum Gasteiger partial charge on any atom is -0.254 e. The first-order chi connectivity index (χ1) is 20.1. The van der Waals surface area contributed by atoms with E-state index in [1.807, 2.05) is 24.3 Å². The van der Waals surface area contributed by atoms with E-state index in [9.17, 15) is 0 Å². The molecule has 0 fully saturated rings. The van der Waals surface area contributed by atoms with Gasteiger partial charge in [0, 0.05) is 34.3 Å². The molecule has 4 nitrogen and oxygen atoms in total. The predicted molar refractivity (Wildman–Crippen MR) is 172 cm³/mol. The van der Waals surface area contributed by atoms with Gasteiger partial charge in [-0.3, -0.25) is 9.97 Å². The van der Waals surface area contributed by atoms with Gasteiger partial charge in [0.25, 0.3) is 0 Å². The lowest BCUT2D eigenvalue weighted by atomic mass is 9.87. The Bertz CT molecular complexity index is 1930. The smallest absolute Gasteiger partial charge is 0.148 e. The number of nitrogens with zero attached hydrogens (tertiary/aromatic N) is 4. The summed E-state index contributed by atoms with van der Waals surface area (Å²) in [6.45, 7) is 13.2. The molecule has 0 radical (unpaired) electrons. The van der Waals surface area contributed by atoms with Crippen molar-refractivity contribution < 1.29 is 0 Å². The van der Waals surface area contributed by atoms with Gasteiger partial charge in [-0.05, 0) is 82.3 Å². The standard InChI is InChI=1S/C38H32N4/c1-37(2,3)27-17-11-25(12-18-27)15-21-31-32(22-16-26-13-19-28(20-14-26)38(4,5)6)42-36-30-10-8-24-40-34(30)33-29(35(36)41-31)9-7-23-39-33/h7-14,17-20,23-24H,1-6H3. The summed E-state index contributed by atoms with van der Waals surface area (Å²) in [4.78, 5) is 19.4. The van der Waals surface area contributed by atoms with Crippen LogP contribution in [0.4, 0.5) is 0 Å². The van der Waals surface area contributed by atoms with Crippen molar-refractivity contribution in [2.45, 2.75) is 52.4 Å². The Hall–Kier alpha value is -5.06. The van der Waals surface area contributed by atoms with Gasteiger partial charge in [-0.15, -0.1) is 0 Å². The zero-order valence-electron chi connectivity index (χ0n) is 24.9. The van der Waals surface area contributed by atoms with Crippen molar-refractivity contribution in [2.24, 2.45) is 0 Å². The van der Waals surface area contributed by atoms with Crippen LogP contribution in [0.3, 0.4) is 0 Å². The lowest BCUT2D eigenvalue weighted by Gasteiger charge is -2.18. The first-order valence-corrected chi connectivity index (χ1v) is 14.2. The Morgan fingerprint density at radius 3 is 1.19 bits per heavy atom. The summed E-state index contributed by atoms with van der Waals surface area (Å²) in [5.74, 6) is 13.2. The number of fused-ring (bicyclic) bond motifs is 6. The quantitative estimate of drug-likeness (QED) is 0.143. The Morgan fingerprint density at radius 2 is 0.833 bits per heavy atom. The molecular weight excluding hydrogens is 512 g/mol. The van der Waals surface area contributed by atoms with Crippen LogP contribution in [0.1, 0.15) is 75.2 Å². The third-order valence-electron chi connectivity index (χ3n) is 7.40. The van der Waals surface area contributed by atoms with Crippen molar-refractivity contribution in [1.29, 1.82) is 0 Å². The highest BCUT2D eigenvalue weighted by molar-refractivity contribution is 6.20. The number of benzene rings is 3. The maximum absolute atomic E-state index is 5.08. The van der Waals surface area contributed by atoms with Crippen LogP contribution in [0.2, 0.25) is 0 Å². The topological polar surface area (TPSA) is 51.6 Å². The van der Waals surface area contributed by atoms with Crippen LogP contribution in [-0.2, 0) is 10.8 Å². The first kappa shape index (κ1) is 27.1. The highest BCUT2D eigenvalue weighted by Crippen LogP contribution is 2.31. The Morgan fingerprint density at radius 1 is 0.452 bits per heavy atom. The molecule has 0 aliphatic carbocycles. The molecule has 0 atom stereocenters. The van der Waals surface area contributed by atoms with E-state index in [2.05, 4.69) is 124 Å². The van der Waals surface area contributed by atoms with Gasteiger partial charge >= 0.3 is 0 Å². The summed E-state index contributed by atoms with van der Waals surface area (Å²) >= 11 is 0. The molecule has 6 aromatic rings. The highest BCUT2D eigenvalue weighted by Gasteiger charge is 2.16. The number of hydrogen-bond acceptors (Lipinski definition) is 4. The van der Waals surface area contributed by atoms with Gasteiger partial charge in [-0.2, -0.15) is 0 Å². The fourth-order valence-electron chi connectivity index (χ4n) is 4.93. The molecule has 0 aliphatic heterocycles. The number of rotatable bonds is 0. The molecular formula is C38H32N4. The molecule has 3 heterocycles. The Kier molecular flexibility index (Phi) is 6.72. The lowest BCUT2D eigenvalue weighted by molar-refractivity contribution is 0.590. The maximum atomic E-state index is 5.08. The molecule has 204 valence electrons. The summed E-state index contributed by atoms with van der Waals surface area (Å²) in [6.07, 6.45) is 3.56. The van der Waals surface area contributed by atoms with Crippen molar-refractivity contribution in [3.05, 3.63) is 119 Å². The maximum Gasteiger partial charge on any atom is 0.148 e. The third kappa shape index (κ3) is 5.32. The predicted octanol–water partition coefficient (Wildman–Crippen LogP) is 8.12. The molecule has 3 aromatic carbocycles. The van der Waals surface area contributed by atoms with Gasteiger partial charge in [-0.25, -0.2) is 9.97 Å². The van der Waals surface area contributed by atoms with Gasteiger partial charge in [0.15, 0.2) is 0 Å². The fraction of sp³-hybridized carbons (Fsp3) is 0.211. The summed E-state index contributed by atoms with van der Waals surface area (Å²) in [5.41, 5.74) is 8.66. The Labute approximate surface area is 247 Å². The monoisotopic (exact) mass is 544 g/mol. The average molecular weight is 545 g/mol. The number of hydrogen-bond donors (Lipinski definition) is 0.